The Morgan fingerprint density at radius 3 is 2.55 bits per heavy atom. The summed E-state index contributed by atoms with van der Waals surface area (Å²) in [6.07, 6.45) is 0.586. The predicted molar refractivity (Wildman–Crippen MR) is 78.0 cm³/mol. The van der Waals surface area contributed by atoms with Crippen molar-refractivity contribution in [3.8, 4) is 5.75 Å². The summed E-state index contributed by atoms with van der Waals surface area (Å²) in [5.74, 6) is 0.654. The summed E-state index contributed by atoms with van der Waals surface area (Å²) >= 11 is 0. The number of aliphatic carboxylic acids is 1. The van der Waals surface area contributed by atoms with Gasteiger partial charge in [0.2, 0.25) is 0 Å². The van der Waals surface area contributed by atoms with Gasteiger partial charge in [0.1, 0.15) is 23.9 Å². The Morgan fingerprint density at radius 2 is 1.95 bits per heavy atom. The molecule has 1 aromatic heterocycles. The van der Waals surface area contributed by atoms with Crippen molar-refractivity contribution in [2.45, 2.75) is 26.3 Å². The van der Waals surface area contributed by atoms with Crippen LogP contribution >= 0.6 is 0 Å². The lowest BCUT2D eigenvalue weighted by atomic mass is 10.1. The molecule has 1 N–H and O–H groups in total. The van der Waals surface area contributed by atoms with Crippen molar-refractivity contribution in [1.29, 1.82) is 0 Å². The largest absolute Gasteiger partial charge is 0.497 e. The van der Waals surface area contributed by atoms with Crippen LogP contribution in [0, 0.1) is 6.92 Å². The molecule has 22 heavy (non-hydrogen) atoms. The van der Waals surface area contributed by atoms with Crippen molar-refractivity contribution in [3.05, 3.63) is 41.5 Å². The molecule has 1 aromatic carbocycles. The zero-order chi connectivity index (χ0) is 16.1. The van der Waals surface area contributed by atoms with Crippen LogP contribution in [0.3, 0.4) is 0 Å². The first-order chi connectivity index (χ1) is 10.5. The second-order valence-corrected chi connectivity index (χ2v) is 4.78. The molecule has 0 saturated heterocycles. The van der Waals surface area contributed by atoms with Gasteiger partial charge in [-0.15, -0.1) is 0 Å². The van der Waals surface area contributed by atoms with Crippen LogP contribution in [0.1, 0.15) is 28.4 Å². The van der Waals surface area contributed by atoms with Crippen LogP contribution in [-0.4, -0.2) is 38.7 Å². The van der Waals surface area contributed by atoms with Gasteiger partial charge in [-0.2, -0.15) is 5.10 Å². The predicted octanol–water partition coefficient (Wildman–Crippen LogP) is 1.50. The number of aromatic nitrogens is 3. The highest BCUT2D eigenvalue weighted by Crippen LogP contribution is 2.14. The van der Waals surface area contributed by atoms with Crippen molar-refractivity contribution in [3.63, 3.8) is 0 Å². The number of methoxy groups -OCH3 is 1. The summed E-state index contributed by atoms with van der Waals surface area (Å²) in [6, 6.07) is 6.86. The Labute approximate surface area is 127 Å². The third kappa shape index (κ3) is 3.91. The number of benzene rings is 1. The number of nitrogens with zero attached hydrogens (tertiary/aromatic N) is 3. The van der Waals surface area contributed by atoms with Crippen LogP contribution in [0.2, 0.25) is 0 Å². The molecule has 0 aliphatic carbocycles. The van der Waals surface area contributed by atoms with Crippen LogP contribution in [0.25, 0.3) is 0 Å². The fourth-order valence-electron chi connectivity index (χ4n) is 2.09. The van der Waals surface area contributed by atoms with Crippen molar-refractivity contribution in [1.82, 2.24) is 14.8 Å². The molecule has 0 saturated carbocycles. The van der Waals surface area contributed by atoms with Crippen LogP contribution in [0.5, 0.6) is 5.75 Å². The van der Waals surface area contributed by atoms with E-state index in [0.717, 1.165) is 0 Å². The number of rotatable bonds is 7. The third-order valence-electron chi connectivity index (χ3n) is 3.13. The summed E-state index contributed by atoms with van der Waals surface area (Å²) in [7, 11) is 1.56. The topological polar surface area (TPSA) is 94.3 Å². The minimum absolute atomic E-state index is 0.0369. The normalized spacial score (nSPS) is 10.5. The second-order valence-electron chi connectivity index (χ2n) is 4.78. The maximum absolute atomic E-state index is 12.1. The van der Waals surface area contributed by atoms with Crippen LogP contribution in [0.15, 0.2) is 24.3 Å². The number of hydrogen-bond acceptors (Lipinski definition) is 5. The number of Topliss-reactive ketones (excluding diaryl/α,β-unsaturated/α-hetero) is 1. The number of carboxylic acids is 1. The van der Waals surface area contributed by atoms with E-state index < -0.39 is 5.97 Å². The summed E-state index contributed by atoms with van der Waals surface area (Å²) in [4.78, 5) is 27.1. The summed E-state index contributed by atoms with van der Waals surface area (Å²) in [5, 5.41) is 12.9. The van der Waals surface area contributed by atoms with E-state index in [1.54, 1.807) is 38.3 Å². The molecule has 116 valence electrons. The molecule has 0 bridgehead atoms. The van der Waals surface area contributed by atoms with Gasteiger partial charge in [-0.1, -0.05) is 0 Å². The number of aryl methyl sites for hydroxylation is 2. The van der Waals surface area contributed by atoms with E-state index in [2.05, 4.69) is 10.1 Å². The SMILES string of the molecule is COc1ccc(C(=O)CCc2nc(C)nn2CC(=O)O)cc1. The number of carbonyl (C=O) groups excluding carboxylic acids is 1. The van der Waals surface area contributed by atoms with E-state index in [0.29, 0.717) is 29.4 Å². The first kappa shape index (κ1) is 15.7. The van der Waals surface area contributed by atoms with E-state index in [1.165, 1.54) is 4.68 Å². The van der Waals surface area contributed by atoms with Crippen molar-refractivity contribution < 1.29 is 19.4 Å². The summed E-state index contributed by atoms with van der Waals surface area (Å²) in [5.41, 5.74) is 0.585. The third-order valence-corrected chi connectivity index (χ3v) is 3.13. The zero-order valence-corrected chi connectivity index (χ0v) is 12.4. The highest BCUT2D eigenvalue weighted by molar-refractivity contribution is 5.96. The molecule has 2 aromatic rings. The van der Waals surface area contributed by atoms with E-state index in [4.69, 9.17) is 9.84 Å². The molecule has 1 heterocycles. The lowest BCUT2D eigenvalue weighted by Crippen LogP contribution is -2.14. The van der Waals surface area contributed by atoms with E-state index in [-0.39, 0.29) is 18.7 Å². The quantitative estimate of drug-likeness (QED) is 0.779. The van der Waals surface area contributed by atoms with Gasteiger partial charge in [0.05, 0.1) is 7.11 Å². The molecule has 0 spiro atoms. The molecule has 0 radical (unpaired) electrons. The van der Waals surface area contributed by atoms with Crippen molar-refractivity contribution >= 4 is 11.8 Å². The molecule has 0 amide bonds. The van der Waals surface area contributed by atoms with Gasteiger partial charge >= 0.3 is 5.97 Å². The van der Waals surface area contributed by atoms with Gasteiger partial charge in [0, 0.05) is 18.4 Å². The molecule has 0 atom stereocenters. The monoisotopic (exact) mass is 303 g/mol. The second kappa shape index (κ2) is 6.84. The fourth-order valence-corrected chi connectivity index (χ4v) is 2.09. The lowest BCUT2D eigenvalue weighted by Gasteiger charge is -2.04. The first-order valence-electron chi connectivity index (χ1n) is 6.79. The number of ether oxygens (including phenoxy) is 1. The Balaban J connectivity index is 2.02. The van der Waals surface area contributed by atoms with Gasteiger partial charge < -0.3 is 9.84 Å². The van der Waals surface area contributed by atoms with E-state index >= 15 is 0 Å². The van der Waals surface area contributed by atoms with Crippen LogP contribution in [-0.2, 0) is 17.8 Å². The molecule has 0 aliphatic rings. The smallest absolute Gasteiger partial charge is 0.325 e. The Kier molecular flexibility index (Phi) is 4.88. The standard InChI is InChI=1S/C15H17N3O4/c1-10-16-14(18(17-10)9-15(20)21)8-7-13(19)11-3-5-12(22-2)6-4-11/h3-6H,7-9H2,1-2H3,(H,20,21). The lowest BCUT2D eigenvalue weighted by molar-refractivity contribution is -0.137. The molecule has 0 aliphatic heterocycles. The maximum atomic E-state index is 12.1. The van der Waals surface area contributed by atoms with Gasteiger partial charge in [0.25, 0.3) is 0 Å². The minimum Gasteiger partial charge on any atom is -0.497 e. The Bertz CT molecular complexity index is 677. The average molecular weight is 303 g/mol. The molecule has 0 unspecified atom stereocenters. The van der Waals surface area contributed by atoms with Crippen LogP contribution in [0.4, 0.5) is 0 Å². The van der Waals surface area contributed by atoms with E-state index in [1.807, 2.05) is 0 Å². The van der Waals surface area contributed by atoms with Crippen molar-refractivity contribution in [2.75, 3.05) is 7.11 Å². The summed E-state index contributed by atoms with van der Waals surface area (Å²) < 4.78 is 6.36. The van der Waals surface area contributed by atoms with Gasteiger partial charge in [0.15, 0.2) is 5.78 Å². The molecule has 7 heteroatoms. The molecule has 7 nitrogen and oxygen atoms in total. The van der Waals surface area contributed by atoms with E-state index in [9.17, 15) is 9.59 Å². The number of carboxylic acid groups (broad SMARTS) is 1. The molecular formula is C15H17N3O4. The maximum Gasteiger partial charge on any atom is 0.325 e. The molecular weight excluding hydrogens is 286 g/mol. The number of ketones is 1. The Hall–Kier alpha value is -2.70. The first-order valence-corrected chi connectivity index (χ1v) is 6.79. The molecule has 2 rings (SSSR count). The summed E-state index contributed by atoms with van der Waals surface area (Å²) in [6.45, 7) is 1.43. The highest BCUT2D eigenvalue weighted by Gasteiger charge is 2.13. The number of carbonyl (C=O) groups is 2. The number of hydrogen-bond donors (Lipinski definition) is 1. The molecule has 0 fully saturated rings. The van der Waals surface area contributed by atoms with Gasteiger partial charge in [-0.3, -0.25) is 9.59 Å². The average Bonchev–Trinajstić information content (AvgIpc) is 2.83. The van der Waals surface area contributed by atoms with Crippen LogP contribution < -0.4 is 4.74 Å². The van der Waals surface area contributed by atoms with Gasteiger partial charge in [-0.05, 0) is 31.2 Å². The fraction of sp³-hybridized carbons (Fsp3) is 0.333. The van der Waals surface area contributed by atoms with Gasteiger partial charge in [-0.25, -0.2) is 9.67 Å². The zero-order valence-electron chi connectivity index (χ0n) is 12.4. The Morgan fingerprint density at radius 1 is 1.27 bits per heavy atom. The minimum atomic E-state index is -0.993. The van der Waals surface area contributed by atoms with Crippen molar-refractivity contribution in [2.24, 2.45) is 0 Å². The highest BCUT2D eigenvalue weighted by atomic mass is 16.5.